The van der Waals surface area contributed by atoms with E-state index < -0.39 is 138 Å². The fourth-order valence-electron chi connectivity index (χ4n) is 7.25. The molecule has 2 bridgehead atoms. The van der Waals surface area contributed by atoms with E-state index in [0.29, 0.717) is 12.0 Å². The lowest BCUT2D eigenvalue weighted by Crippen LogP contribution is -2.63. The van der Waals surface area contributed by atoms with Crippen molar-refractivity contribution in [2.45, 2.75) is 147 Å². The number of carbonyl (C=O) groups excluding carboxylic acids is 10. The molecule has 3 fully saturated rings. The summed E-state index contributed by atoms with van der Waals surface area (Å²) in [6, 6.07) is -3.83. The molecule has 11 atom stereocenters. The quantitative estimate of drug-likeness (QED) is 0.0407. The van der Waals surface area contributed by atoms with Gasteiger partial charge in [-0.15, -0.1) is 0 Å². The average molecular weight is 942 g/mol. The number of rotatable bonds is 12. The Kier molecular flexibility index (Phi) is 20.9. The molecule has 24 heteroatoms. The minimum atomic E-state index is -1.69. The second-order valence-electron chi connectivity index (χ2n) is 17.3. The van der Waals surface area contributed by atoms with Gasteiger partial charge >= 0.3 is 0 Å². The van der Waals surface area contributed by atoms with Gasteiger partial charge in [0.25, 0.3) is 0 Å². The normalized spacial score (nSPS) is 27.5. The summed E-state index contributed by atoms with van der Waals surface area (Å²) < 4.78 is 0. The first kappa shape index (κ1) is 54.5. The van der Waals surface area contributed by atoms with Crippen molar-refractivity contribution in [3.8, 4) is 0 Å². The molecule has 3 saturated heterocycles. The van der Waals surface area contributed by atoms with Crippen LogP contribution >= 0.6 is 0 Å². The second kappa shape index (κ2) is 25.7. The lowest BCUT2D eigenvalue weighted by molar-refractivity contribution is -0.138. The Morgan fingerprint density at radius 1 is 0.627 bits per heavy atom. The number of amides is 10. The van der Waals surface area contributed by atoms with Gasteiger partial charge in [-0.2, -0.15) is 0 Å². The van der Waals surface area contributed by atoms with Crippen LogP contribution in [0, 0.1) is 11.8 Å². The smallest absolute Gasteiger partial charge is 0.245 e. The highest BCUT2D eigenvalue weighted by Crippen LogP contribution is 2.15. The van der Waals surface area contributed by atoms with Gasteiger partial charge in [0, 0.05) is 13.0 Å². The van der Waals surface area contributed by atoms with Gasteiger partial charge < -0.3 is 70.2 Å². The SMILES string of the molecule is CC[C@H](C)[C@@H]1NC(=O)[C@H](CC(N)=O)NC(=O)[C@H](CCCN=C(N)N)NC(=O)[C@H](Cc2ccccc2)NC(=O)C2CCC(NC(=O)[C@H](C)NC(=O)[C@H]([C@@H](C)O)NC(=O)[C@H](C(C)C)NC1=O)C(=O)N2. The van der Waals surface area contributed by atoms with Crippen LogP contribution in [0.5, 0.6) is 0 Å². The summed E-state index contributed by atoms with van der Waals surface area (Å²) in [5.74, 6) is -10.3. The lowest BCUT2D eigenvalue weighted by Gasteiger charge is -2.31. The van der Waals surface area contributed by atoms with E-state index in [-0.39, 0.29) is 44.6 Å². The summed E-state index contributed by atoms with van der Waals surface area (Å²) in [5.41, 5.74) is 17.1. The molecule has 24 nitrogen and oxygen atoms in total. The van der Waals surface area contributed by atoms with E-state index in [9.17, 15) is 53.1 Å². The number of piperidine rings is 1. The van der Waals surface area contributed by atoms with E-state index in [1.54, 1.807) is 58.0 Å². The van der Waals surface area contributed by atoms with Gasteiger partial charge in [-0.05, 0) is 56.9 Å². The van der Waals surface area contributed by atoms with Crippen molar-refractivity contribution in [1.29, 1.82) is 0 Å². The Balaban J connectivity index is 2.11. The van der Waals surface area contributed by atoms with E-state index in [4.69, 9.17) is 17.2 Å². The molecule has 10 amide bonds. The Morgan fingerprint density at radius 3 is 1.67 bits per heavy atom. The Hall–Kier alpha value is -6.85. The van der Waals surface area contributed by atoms with Gasteiger partial charge in [-0.1, -0.05) is 64.4 Å². The van der Waals surface area contributed by atoms with E-state index >= 15 is 0 Å². The number of hydrogen-bond donors (Lipinski definition) is 13. The summed E-state index contributed by atoms with van der Waals surface area (Å²) in [6.45, 7) is 9.10. The molecule has 67 heavy (non-hydrogen) atoms. The van der Waals surface area contributed by atoms with Crippen LogP contribution in [0.2, 0.25) is 0 Å². The zero-order valence-electron chi connectivity index (χ0n) is 38.7. The predicted octanol–water partition coefficient (Wildman–Crippen LogP) is -4.57. The highest BCUT2D eigenvalue weighted by molar-refractivity contribution is 6.00. The van der Waals surface area contributed by atoms with E-state index in [1.807, 2.05) is 0 Å². The van der Waals surface area contributed by atoms with Crippen LogP contribution in [0.25, 0.3) is 0 Å². The first-order chi connectivity index (χ1) is 31.5. The minimum Gasteiger partial charge on any atom is -0.391 e. The Labute approximate surface area is 388 Å². The maximum atomic E-state index is 14.2. The number of hydrogen-bond acceptors (Lipinski definition) is 12. The molecule has 0 aromatic heterocycles. The molecule has 370 valence electrons. The fourth-order valence-corrected chi connectivity index (χ4v) is 7.25. The largest absolute Gasteiger partial charge is 0.391 e. The van der Waals surface area contributed by atoms with Crippen molar-refractivity contribution in [2.75, 3.05) is 6.54 Å². The van der Waals surface area contributed by atoms with Crippen LogP contribution < -0.4 is 65.1 Å². The molecule has 4 rings (SSSR count). The van der Waals surface area contributed by atoms with Crippen LogP contribution in [0.15, 0.2) is 35.3 Å². The van der Waals surface area contributed by atoms with Gasteiger partial charge in [0.2, 0.25) is 59.1 Å². The first-order valence-electron chi connectivity index (χ1n) is 22.3. The lowest BCUT2D eigenvalue weighted by atomic mass is 9.95. The first-order valence-corrected chi connectivity index (χ1v) is 22.3. The molecular weight excluding hydrogens is 875 g/mol. The standard InChI is InChI=1S/C43H67N13O11/c1-7-21(4)32-41(66)54-31(20(2)3)40(65)56-33(23(6)57)42(67)48-22(5)34(59)49-26-15-16-27(51-36(26)61)37(62)52-28(18-24-12-9-8-10-13-24)38(63)50-25(14-11-17-47-43(45)46)35(60)53-29(19-30(44)58)39(64)55-32/h8-10,12-13,20-23,25-29,31-33,57H,7,11,14-19H2,1-6H3,(H2,44,58)(H,48,67)(H,49,59)(H,50,63)(H,51,61)(H,52,62)(H,53,60)(H,54,66)(H,55,64)(H,56,65)(H4,45,46,47)/t21-,22-,23+,25-,26?,27?,28-,29-,31-,32-,33-/m0/s1. The van der Waals surface area contributed by atoms with E-state index in [2.05, 4.69) is 52.8 Å². The van der Waals surface area contributed by atoms with Gasteiger partial charge in [0.15, 0.2) is 5.96 Å². The summed E-state index contributed by atoms with van der Waals surface area (Å²) in [4.78, 5) is 140. The number of nitrogens with two attached hydrogens (primary N) is 3. The Bertz CT molecular complexity index is 2000. The molecule has 16 N–H and O–H groups in total. The van der Waals surface area contributed by atoms with Crippen molar-refractivity contribution < 1.29 is 53.1 Å². The maximum absolute atomic E-state index is 14.2. The molecule has 1 aromatic rings. The van der Waals surface area contributed by atoms with Crippen LogP contribution in [0.3, 0.4) is 0 Å². The summed E-state index contributed by atoms with van der Waals surface area (Å²) in [7, 11) is 0. The van der Waals surface area contributed by atoms with Crippen LogP contribution in [0.1, 0.15) is 85.6 Å². The summed E-state index contributed by atoms with van der Waals surface area (Å²) >= 11 is 0. The number of benzene rings is 1. The fraction of sp³-hybridized carbons (Fsp3) is 0.605. The molecule has 0 saturated carbocycles. The molecule has 3 aliphatic rings. The molecular formula is C43H67N13O11. The van der Waals surface area contributed by atoms with Gasteiger partial charge in [0.05, 0.1) is 12.5 Å². The van der Waals surface area contributed by atoms with Crippen molar-refractivity contribution in [3.05, 3.63) is 35.9 Å². The monoisotopic (exact) mass is 942 g/mol. The topological polar surface area (TPSA) is 390 Å². The van der Waals surface area contributed by atoms with Crippen molar-refractivity contribution in [2.24, 2.45) is 34.0 Å². The van der Waals surface area contributed by atoms with Gasteiger partial charge in [-0.3, -0.25) is 52.9 Å². The average Bonchev–Trinajstić information content (AvgIpc) is 3.26. The van der Waals surface area contributed by atoms with Crippen LogP contribution in [-0.4, -0.2) is 137 Å². The number of nitrogens with zero attached hydrogens (tertiary/aromatic N) is 1. The number of aliphatic imine (C=N–C) groups is 1. The predicted molar refractivity (Wildman–Crippen MR) is 242 cm³/mol. The summed E-state index contributed by atoms with van der Waals surface area (Å²) in [5, 5.41) is 33.4. The highest BCUT2D eigenvalue weighted by Gasteiger charge is 2.39. The number of guanidine groups is 1. The third-order valence-corrected chi connectivity index (χ3v) is 11.4. The molecule has 0 spiro atoms. The summed E-state index contributed by atoms with van der Waals surface area (Å²) in [6.07, 6.45) is -2.05. The third-order valence-electron chi connectivity index (χ3n) is 11.4. The van der Waals surface area contributed by atoms with Gasteiger partial charge in [0.1, 0.15) is 54.4 Å². The molecule has 2 unspecified atom stereocenters. The van der Waals surface area contributed by atoms with Crippen molar-refractivity contribution in [3.63, 3.8) is 0 Å². The van der Waals surface area contributed by atoms with Gasteiger partial charge in [-0.25, -0.2) is 0 Å². The third kappa shape index (κ3) is 16.8. The van der Waals surface area contributed by atoms with E-state index in [0.717, 1.165) is 0 Å². The Morgan fingerprint density at radius 2 is 1.12 bits per heavy atom. The second-order valence-corrected chi connectivity index (χ2v) is 17.3. The maximum Gasteiger partial charge on any atom is 0.245 e. The number of carbonyl (C=O) groups is 10. The number of primary amides is 1. The number of nitrogens with one attached hydrogen (secondary N) is 9. The zero-order chi connectivity index (χ0) is 50.1. The molecule has 0 aliphatic carbocycles. The highest BCUT2D eigenvalue weighted by atomic mass is 16.3. The number of fused-ring (bicyclic) bond motifs is 24. The molecule has 1 aromatic carbocycles. The number of aliphatic hydroxyl groups excluding tert-OH is 1. The van der Waals surface area contributed by atoms with Crippen LogP contribution in [0.4, 0.5) is 0 Å². The zero-order valence-corrected chi connectivity index (χ0v) is 38.7. The molecule has 0 radical (unpaired) electrons. The van der Waals surface area contributed by atoms with Crippen molar-refractivity contribution >= 4 is 65.0 Å². The minimum absolute atomic E-state index is 0.00363. The number of aliphatic hydroxyl groups is 1. The molecule has 3 aliphatic heterocycles. The molecule has 3 heterocycles. The van der Waals surface area contributed by atoms with E-state index in [1.165, 1.54) is 13.8 Å². The van der Waals surface area contributed by atoms with Crippen molar-refractivity contribution in [1.82, 2.24) is 47.9 Å². The van der Waals surface area contributed by atoms with Crippen LogP contribution in [-0.2, 0) is 54.4 Å².